The Morgan fingerprint density at radius 3 is 2.70 bits per heavy atom. The predicted octanol–water partition coefficient (Wildman–Crippen LogP) is 1.78. The summed E-state index contributed by atoms with van der Waals surface area (Å²) in [6, 6.07) is 6.84. The van der Waals surface area contributed by atoms with Crippen LogP contribution < -0.4 is 5.73 Å². The maximum Gasteiger partial charge on any atom is 0.418 e. The molecule has 2 bridgehead atoms. The van der Waals surface area contributed by atoms with Gasteiger partial charge >= 0.3 is 16.4 Å². The standard InChI is InChI=1S/C16H15N3O6S2/c1-8-4-2-3-5-9(8)12-6-10-11-7-18(13(15(17)20)14(10)26-12)16(21)19(11)25-27(22,23)24/h2-6,11,13H,7H2,1H3,(H2,17,20)(H,22,23,24). The second-order valence-electron chi connectivity index (χ2n) is 6.33. The summed E-state index contributed by atoms with van der Waals surface area (Å²) in [6.45, 7) is 1.98. The van der Waals surface area contributed by atoms with Crippen LogP contribution in [0.15, 0.2) is 30.3 Å². The van der Waals surface area contributed by atoms with Gasteiger partial charge in [0, 0.05) is 9.75 Å². The van der Waals surface area contributed by atoms with E-state index < -0.39 is 34.4 Å². The van der Waals surface area contributed by atoms with E-state index in [0.29, 0.717) is 15.5 Å². The fourth-order valence-electron chi connectivity index (χ4n) is 3.52. The molecule has 3 heterocycles. The molecule has 0 saturated carbocycles. The minimum atomic E-state index is -4.91. The lowest BCUT2D eigenvalue weighted by atomic mass is 9.97. The van der Waals surface area contributed by atoms with Crippen LogP contribution in [0.25, 0.3) is 10.4 Å². The first-order valence-electron chi connectivity index (χ1n) is 7.93. The van der Waals surface area contributed by atoms with Gasteiger partial charge in [-0.1, -0.05) is 24.3 Å². The molecule has 3 N–H and O–H groups in total. The number of nitrogens with zero attached hydrogens (tertiary/aromatic N) is 2. The van der Waals surface area contributed by atoms with Crippen molar-refractivity contribution in [3.05, 3.63) is 46.3 Å². The Morgan fingerprint density at radius 1 is 1.37 bits per heavy atom. The molecule has 9 nitrogen and oxygen atoms in total. The van der Waals surface area contributed by atoms with Crippen LogP contribution in [0.2, 0.25) is 0 Å². The zero-order chi connectivity index (χ0) is 19.5. The van der Waals surface area contributed by atoms with Crippen molar-refractivity contribution in [1.29, 1.82) is 0 Å². The Hall–Kier alpha value is -2.47. The fraction of sp³-hybridized carbons (Fsp3) is 0.250. The number of thiophene rings is 1. The molecule has 1 saturated heterocycles. The number of hydroxylamine groups is 2. The van der Waals surface area contributed by atoms with Crippen molar-refractivity contribution < 1.29 is 26.8 Å². The molecule has 11 heteroatoms. The highest BCUT2D eigenvalue weighted by atomic mass is 32.3. The molecule has 2 aliphatic rings. The van der Waals surface area contributed by atoms with Crippen molar-refractivity contribution in [2.24, 2.45) is 5.73 Å². The average molecular weight is 409 g/mol. The van der Waals surface area contributed by atoms with Gasteiger partial charge in [0.1, 0.15) is 12.1 Å². The molecule has 2 unspecified atom stereocenters. The number of hydrogen-bond donors (Lipinski definition) is 2. The quantitative estimate of drug-likeness (QED) is 0.740. The van der Waals surface area contributed by atoms with Gasteiger partial charge in [-0.2, -0.15) is 13.5 Å². The van der Waals surface area contributed by atoms with Crippen molar-refractivity contribution in [1.82, 2.24) is 9.96 Å². The summed E-state index contributed by atoms with van der Waals surface area (Å²) in [6.07, 6.45) is 0. The van der Waals surface area contributed by atoms with Crippen molar-refractivity contribution in [2.45, 2.75) is 19.0 Å². The summed E-state index contributed by atoms with van der Waals surface area (Å²) in [5.74, 6) is -0.727. The highest BCUT2D eigenvalue weighted by molar-refractivity contribution is 7.80. The number of rotatable bonds is 4. The van der Waals surface area contributed by atoms with Gasteiger partial charge in [-0.05, 0) is 29.7 Å². The third-order valence-corrected chi connectivity index (χ3v) is 6.24. The molecule has 2 aliphatic heterocycles. The molecule has 2 aromatic rings. The van der Waals surface area contributed by atoms with E-state index in [0.717, 1.165) is 20.9 Å². The first-order chi connectivity index (χ1) is 12.7. The van der Waals surface area contributed by atoms with Gasteiger partial charge in [0.2, 0.25) is 5.91 Å². The number of nitrogens with two attached hydrogens (primary N) is 1. The van der Waals surface area contributed by atoms with Crippen LogP contribution >= 0.6 is 11.3 Å². The van der Waals surface area contributed by atoms with Crippen molar-refractivity contribution in [3.63, 3.8) is 0 Å². The van der Waals surface area contributed by atoms with Crippen LogP contribution in [0.1, 0.15) is 28.1 Å². The Morgan fingerprint density at radius 2 is 2.07 bits per heavy atom. The monoisotopic (exact) mass is 409 g/mol. The summed E-state index contributed by atoms with van der Waals surface area (Å²) < 4.78 is 35.8. The second-order valence-corrected chi connectivity index (χ2v) is 8.42. The molecule has 27 heavy (non-hydrogen) atoms. The van der Waals surface area contributed by atoms with Gasteiger partial charge in [0.15, 0.2) is 0 Å². The molecule has 1 aromatic carbocycles. The van der Waals surface area contributed by atoms with Crippen LogP contribution in [0.5, 0.6) is 0 Å². The van der Waals surface area contributed by atoms with Crippen molar-refractivity contribution in [2.75, 3.05) is 6.54 Å². The van der Waals surface area contributed by atoms with E-state index in [9.17, 15) is 18.0 Å². The van der Waals surface area contributed by atoms with Gasteiger partial charge in [-0.3, -0.25) is 9.35 Å². The summed E-state index contributed by atoms with van der Waals surface area (Å²) in [4.78, 5) is 27.1. The van der Waals surface area contributed by atoms with Crippen LogP contribution in [0.4, 0.5) is 4.79 Å². The van der Waals surface area contributed by atoms with Crippen LogP contribution in [-0.4, -0.2) is 41.4 Å². The van der Waals surface area contributed by atoms with Crippen LogP contribution in [0.3, 0.4) is 0 Å². The normalized spacial score (nSPS) is 21.5. The molecule has 0 aliphatic carbocycles. The third-order valence-electron chi connectivity index (χ3n) is 4.65. The van der Waals surface area contributed by atoms with E-state index >= 15 is 0 Å². The van der Waals surface area contributed by atoms with E-state index in [1.165, 1.54) is 11.3 Å². The molecular weight excluding hydrogens is 394 g/mol. The Kier molecular flexibility index (Phi) is 4.00. The Labute approximate surface area is 158 Å². The first-order valence-corrected chi connectivity index (χ1v) is 10.1. The number of fused-ring (bicyclic) bond motifs is 4. The fourth-order valence-corrected chi connectivity index (χ4v) is 5.32. The minimum absolute atomic E-state index is 0.0267. The van der Waals surface area contributed by atoms with E-state index in [1.807, 2.05) is 31.2 Å². The second kappa shape index (κ2) is 6.02. The molecule has 2 atom stereocenters. The van der Waals surface area contributed by atoms with Gasteiger partial charge in [-0.25, -0.2) is 4.79 Å². The number of urea groups is 1. The van der Waals surface area contributed by atoms with Crippen LogP contribution in [-0.2, 0) is 19.5 Å². The molecule has 3 amide bonds. The van der Waals surface area contributed by atoms with Gasteiger partial charge in [0.25, 0.3) is 0 Å². The SMILES string of the molecule is Cc1ccccc1-c1cc2c(s1)C(C(N)=O)N1CC2N(OS(=O)(=O)O)C1=O. The smallest absolute Gasteiger partial charge is 0.368 e. The number of aryl methyl sites for hydroxylation is 1. The molecular formula is C16H15N3O6S2. The molecule has 0 spiro atoms. The lowest BCUT2D eigenvalue weighted by Gasteiger charge is -2.27. The van der Waals surface area contributed by atoms with E-state index in [1.54, 1.807) is 6.07 Å². The first kappa shape index (κ1) is 17.9. The van der Waals surface area contributed by atoms with Crippen molar-refractivity contribution >= 4 is 33.7 Å². The average Bonchev–Trinajstić information content (AvgIpc) is 3.11. The zero-order valence-electron chi connectivity index (χ0n) is 14.0. The lowest BCUT2D eigenvalue weighted by Crippen LogP contribution is -2.41. The number of carbonyl (C=O) groups excluding carboxylic acids is 2. The Balaban J connectivity index is 1.86. The van der Waals surface area contributed by atoms with E-state index in [-0.39, 0.29) is 6.54 Å². The molecule has 0 radical (unpaired) electrons. The summed E-state index contributed by atoms with van der Waals surface area (Å²) in [5, 5.41) is 0.575. The number of benzene rings is 1. The summed E-state index contributed by atoms with van der Waals surface area (Å²) >= 11 is 1.32. The van der Waals surface area contributed by atoms with Gasteiger partial charge in [0.05, 0.1) is 6.54 Å². The summed E-state index contributed by atoms with van der Waals surface area (Å²) in [7, 11) is -4.91. The number of amides is 3. The highest BCUT2D eigenvalue weighted by Gasteiger charge is 2.52. The van der Waals surface area contributed by atoms with Crippen molar-refractivity contribution in [3.8, 4) is 10.4 Å². The molecule has 1 fully saturated rings. The lowest BCUT2D eigenvalue weighted by molar-refractivity contribution is -0.122. The molecule has 1 aromatic heterocycles. The van der Waals surface area contributed by atoms with Crippen LogP contribution in [0, 0.1) is 6.92 Å². The van der Waals surface area contributed by atoms with Gasteiger partial charge < -0.3 is 10.6 Å². The number of primary amides is 1. The topological polar surface area (TPSA) is 130 Å². The molecule has 4 rings (SSSR count). The summed E-state index contributed by atoms with van der Waals surface area (Å²) in [5.41, 5.74) is 8.09. The minimum Gasteiger partial charge on any atom is -0.368 e. The number of carbonyl (C=O) groups is 2. The number of hydrogen-bond acceptors (Lipinski definition) is 6. The maximum atomic E-state index is 12.5. The van der Waals surface area contributed by atoms with E-state index in [2.05, 4.69) is 4.28 Å². The van der Waals surface area contributed by atoms with Gasteiger partial charge in [-0.15, -0.1) is 15.6 Å². The third kappa shape index (κ3) is 2.88. The predicted molar refractivity (Wildman–Crippen MR) is 95.7 cm³/mol. The maximum absolute atomic E-state index is 12.5. The van der Waals surface area contributed by atoms with E-state index in [4.69, 9.17) is 10.3 Å². The highest BCUT2D eigenvalue weighted by Crippen LogP contribution is 2.49. The Bertz CT molecular complexity index is 1060. The largest absolute Gasteiger partial charge is 0.418 e. The molecule has 142 valence electrons. The zero-order valence-corrected chi connectivity index (χ0v) is 15.7.